The molecular formula is C18H20F3N5O2. The van der Waals surface area contributed by atoms with Gasteiger partial charge in [-0.15, -0.1) is 0 Å². The van der Waals surface area contributed by atoms with Gasteiger partial charge in [0.15, 0.2) is 5.65 Å². The number of nitrogens with zero attached hydrogens (tertiary/aromatic N) is 4. The van der Waals surface area contributed by atoms with Crippen molar-refractivity contribution in [3.63, 3.8) is 0 Å². The molecule has 0 spiro atoms. The Morgan fingerprint density at radius 3 is 2.57 bits per heavy atom. The fourth-order valence-corrected chi connectivity index (χ4v) is 3.12. The third-order valence-electron chi connectivity index (χ3n) is 4.52. The van der Waals surface area contributed by atoms with Gasteiger partial charge in [-0.25, -0.2) is 17.9 Å². The average molecular weight is 395 g/mol. The number of aromatic nitrogens is 4. The first-order chi connectivity index (χ1) is 13.3. The third kappa shape index (κ3) is 3.35. The van der Waals surface area contributed by atoms with E-state index >= 15 is 0 Å². The lowest BCUT2D eigenvalue weighted by atomic mass is 10.0. The summed E-state index contributed by atoms with van der Waals surface area (Å²) in [5, 5.41) is 14.0. The molecule has 2 heterocycles. The van der Waals surface area contributed by atoms with Gasteiger partial charge in [0.2, 0.25) is 5.95 Å². The lowest BCUT2D eigenvalue weighted by Gasteiger charge is -2.18. The largest absolute Gasteiger partial charge is 0.390 e. The Kier molecular flexibility index (Phi) is 5.41. The van der Waals surface area contributed by atoms with Crippen molar-refractivity contribution in [1.29, 1.82) is 0 Å². The highest BCUT2D eigenvalue weighted by Crippen LogP contribution is 2.30. The van der Waals surface area contributed by atoms with Gasteiger partial charge in [0.1, 0.15) is 16.9 Å². The molecule has 28 heavy (non-hydrogen) atoms. The molecule has 0 radical (unpaired) electrons. The summed E-state index contributed by atoms with van der Waals surface area (Å²) >= 11 is 0. The molecule has 0 bridgehead atoms. The summed E-state index contributed by atoms with van der Waals surface area (Å²) < 4.78 is 41.2. The highest BCUT2D eigenvalue weighted by atomic mass is 19.3. The van der Waals surface area contributed by atoms with E-state index in [4.69, 9.17) is 0 Å². The highest BCUT2D eigenvalue weighted by Gasteiger charge is 2.24. The minimum atomic E-state index is -2.91. The molecule has 3 rings (SSSR count). The van der Waals surface area contributed by atoms with E-state index in [1.54, 1.807) is 19.0 Å². The summed E-state index contributed by atoms with van der Waals surface area (Å²) in [6.07, 6.45) is -2.48. The third-order valence-corrected chi connectivity index (χ3v) is 4.52. The predicted molar refractivity (Wildman–Crippen MR) is 98.2 cm³/mol. The second kappa shape index (κ2) is 7.63. The van der Waals surface area contributed by atoms with E-state index in [1.807, 2.05) is 6.92 Å². The maximum absolute atomic E-state index is 14.1. The summed E-state index contributed by atoms with van der Waals surface area (Å²) in [7, 11) is 3.40. The van der Waals surface area contributed by atoms with Crippen molar-refractivity contribution in [2.45, 2.75) is 32.4 Å². The molecule has 2 N–H and O–H groups in total. The van der Waals surface area contributed by atoms with Crippen LogP contribution in [0.2, 0.25) is 0 Å². The van der Waals surface area contributed by atoms with Crippen LogP contribution < -0.4 is 10.5 Å². The molecule has 1 aromatic carbocycles. The van der Waals surface area contributed by atoms with E-state index in [9.17, 15) is 23.1 Å². The van der Waals surface area contributed by atoms with E-state index in [2.05, 4.69) is 15.1 Å². The van der Waals surface area contributed by atoms with Crippen LogP contribution in [-0.4, -0.2) is 39.0 Å². The number of alkyl halides is 2. The van der Waals surface area contributed by atoms with Crippen molar-refractivity contribution >= 4 is 17.0 Å². The van der Waals surface area contributed by atoms with Crippen LogP contribution in [0.1, 0.15) is 42.6 Å². The fraction of sp³-hybridized carbons (Fsp3) is 0.389. The van der Waals surface area contributed by atoms with Gasteiger partial charge in [0, 0.05) is 14.1 Å². The molecule has 1 atom stereocenters. The first-order valence-corrected chi connectivity index (χ1v) is 8.65. The second-order valence-corrected chi connectivity index (χ2v) is 6.54. The smallest absolute Gasteiger partial charge is 0.266 e. The number of hydrogen-bond acceptors (Lipinski definition) is 5. The minimum Gasteiger partial charge on any atom is -0.390 e. The number of benzene rings is 1. The Hall–Kier alpha value is -2.88. The number of aliphatic hydroxyl groups excluding tert-OH is 1. The van der Waals surface area contributed by atoms with Gasteiger partial charge >= 0.3 is 0 Å². The van der Waals surface area contributed by atoms with Crippen molar-refractivity contribution in [2.75, 3.05) is 19.0 Å². The Morgan fingerprint density at radius 1 is 1.32 bits per heavy atom. The molecule has 150 valence electrons. The van der Waals surface area contributed by atoms with Crippen molar-refractivity contribution in [3.05, 3.63) is 51.2 Å². The van der Waals surface area contributed by atoms with E-state index in [0.29, 0.717) is 12.0 Å². The molecule has 0 aliphatic rings. The standard InChI is InChI=1S/C18H20F3N5O2/c1-4-13(9-5-6-10(15(20)21)11(19)7-9)26-16-14(12(8-27)24-26)17(28)23-18(22-16)25(2)3/h5-7,13,15,27H,4,8H2,1-3H3,(H,22,23,28). The number of hydrogen-bond donors (Lipinski definition) is 2. The summed E-state index contributed by atoms with van der Waals surface area (Å²) in [4.78, 5) is 21.1. The number of fused-ring (bicyclic) bond motifs is 1. The van der Waals surface area contributed by atoms with Gasteiger partial charge < -0.3 is 10.0 Å². The quantitative estimate of drug-likeness (QED) is 0.670. The normalized spacial score (nSPS) is 12.7. The maximum Gasteiger partial charge on any atom is 0.266 e. The van der Waals surface area contributed by atoms with Crippen LogP contribution in [0.5, 0.6) is 0 Å². The number of aromatic amines is 1. The van der Waals surface area contributed by atoms with Crippen molar-refractivity contribution in [1.82, 2.24) is 19.7 Å². The molecule has 10 heteroatoms. The zero-order chi connectivity index (χ0) is 20.6. The van der Waals surface area contributed by atoms with Gasteiger partial charge in [0.05, 0.1) is 18.2 Å². The Labute approximate surface area is 158 Å². The summed E-state index contributed by atoms with van der Waals surface area (Å²) in [5.74, 6) is -0.721. The molecule has 3 aromatic rings. The zero-order valence-corrected chi connectivity index (χ0v) is 15.6. The molecule has 0 saturated heterocycles. The van der Waals surface area contributed by atoms with Crippen LogP contribution in [-0.2, 0) is 6.61 Å². The van der Waals surface area contributed by atoms with E-state index in [1.165, 1.54) is 10.7 Å². The fourth-order valence-electron chi connectivity index (χ4n) is 3.12. The molecule has 7 nitrogen and oxygen atoms in total. The molecular weight excluding hydrogens is 375 g/mol. The van der Waals surface area contributed by atoms with Crippen molar-refractivity contribution in [2.24, 2.45) is 0 Å². The molecule has 1 unspecified atom stereocenters. The Bertz CT molecular complexity index is 1060. The Morgan fingerprint density at radius 2 is 2.04 bits per heavy atom. The van der Waals surface area contributed by atoms with E-state index < -0.39 is 36.0 Å². The topological polar surface area (TPSA) is 87.0 Å². The van der Waals surface area contributed by atoms with Gasteiger partial charge in [-0.3, -0.25) is 9.78 Å². The molecule has 2 aromatic heterocycles. The van der Waals surface area contributed by atoms with Gasteiger partial charge in [-0.1, -0.05) is 19.1 Å². The molecule has 0 aliphatic carbocycles. The van der Waals surface area contributed by atoms with Gasteiger partial charge in [-0.2, -0.15) is 10.1 Å². The van der Waals surface area contributed by atoms with Crippen molar-refractivity contribution in [3.8, 4) is 0 Å². The number of aliphatic hydroxyl groups is 1. The molecule has 0 aliphatic heterocycles. The van der Waals surface area contributed by atoms with Crippen LogP contribution in [0.3, 0.4) is 0 Å². The summed E-state index contributed by atoms with van der Waals surface area (Å²) in [5.41, 5.74) is -0.367. The number of halogens is 3. The minimum absolute atomic E-state index is 0.135. The summed E-state index contributed by atoms with van der Waals surface area (Å²) in [6, 6.07) is 2.93. The van der Waals surface area contributed by atoms with Crippen LogP contribution in [0.25, 0.3) is 11.0 Å². The van der Waals surface area contributed by atoms with E-state index in [-0.39, 0.29) is 22.7 Å². The molecule has 0 amide bonds. The maximum atomic E-state index is 14.1. The zero-order valence-electron chi connectivity index (χ0n) is 15.6. The Balaban J connectivity index is 2.23. The number of H-pyrrole nitrogens is 1. The average Bonchev–Trinajstić information content (AvgIpc) is 3.01. The van der Waals surface area contributed by atoms with Gasteiger partial charge in [-0.05, 0) is 18.1 Å². The lowest BCUT2D eigenvalue weighted by Crippen LogP contribution is -2.20. The van der Waals surface area contributed by atoms with Crippen LogP contribution in [0.4, 0.5) is 19.1 Å². The number of rotatable bonds is 6. The van der Waals surface area contributed by atoms with Crippen LogP contribution in [0.15, 0.2) is 23.0 Å². The highest BCUT2D eigenvalue weighted by molar-refractivity contribution is 5.78. The predicted octanol–water partition coefficient (Wildman–Crippen LogP) is 2.75. The SMILES string of the molecule is CCC(c1ccc(C(F)F)c(F)c1)n1nc(CO)c2c(=O)[nH]c(N(C)C)nc21. The van der Waals surface area contributed by atoms with Gasteiger partial charge in [0.25, 0.3) is 12.0 Å². The first kappa shape index (κ1) is 19.9. The van der Waals surface area contributed by atoms with Crippen LogP contribution in [0, 0.1) is 5.82 Å². The molecule has 0 fully saturated rings. The molecule has 0 saturated carbocycles. The summed E-state index contributed by atoms with van der Waals surface area (Å²) in [6.45, 7) is 1.33. The lowest BCUT2D eigenvalue weighted by molar-refractivity contribution is 0.146. The first-order valence-electron chi connectivity index (χ1n) is 8.65. The number of anilines is 1. The monoisotopic (exact) mass is 395 g/mol. The van der Waals surface area contributed by atoms with E-state index in [0.717, 1.165) is 12.1 Å². The van der Waals surface area contributed by atoms with Crippen LogP contribution >= 0.6 is 0 Å². The van der Waals surface area contributed by atoms with Crippen molar-refractivity contribution < 1.29 is 18.3 Å². The second-order valence-electron chi connectivity index (χ2n) is 6.54. The number of nitrogens with one attached hydrogen (secondary N) is 1.